The van der Waals surface area contributed by atoms with Gasteiger partial charge in [-0.25, -0.2) is 0 Å². The fourth-order valence-electron chi connectivity index (χ4n) is 0.566. The van der Waals surface area contributed by atoms with Gasteiger partial charge in [0.05, 0.1) is 5.75 Å². The van der Waals surface area contributed by atoms with Crippen molar-refractivity contribution in [3.63, 3.8) is 0 Å². The first kappa shape index (κ1) is 15.6. The topological polar surface area (TPSA) is 54.4 Å². The first-order chi connectivity index (χ1) is 4.63. The Balaban J connectivity index is -0.000000500. The molecule has 0 aliphatic rings. The minimum atomic E-state index is -3.77. The molecule has 0 fully saturated rings. The average Bonchev–Trinajstić information content (AvgIpc) is 1.56. The van der Waals surface area contributed by atoms with Crippen LogP contribution in [0.4, 0.5) is 0 Å². The van der Waals surface area contributed by atoms with E-state index in [2.05, 4.69) is 19.6 Å². The van der Waals surface area contributed by atoms with Crippen molar-refractivity contribution in [3.8, 4) is 0 Å². The molecule has 0 saturated carbocycles. The quantitative estimate of drug-likeness (QED) is 0.476. The van der Waals surface area contributed by atoms with Crippen LogP contribution in [0.25, 0.3) is 0 Å². The van der Waals surface area contributed by atoms with E-state index >= 15 is 0 Å². The molecule has 0 aromatic carbocycles. The molecule has 0 bridgehead atoms. The monoisotopic (exact) mass is 220 g/mol. The van der Waals surface area contributed by atoms with Crippen molar-refractivity contribution in [3.05, 3.63) is 0 Å². The second-order valence-electron chi connectivity index (χ2n) is 4.02. The summed E-state index contributed by atoms with van der Waals surface area (Å²) in [5.41, 5.74) is 0.109. The summed E-state index contributed by atoms with van der Waals surface area (Å²) in [6, 6.07) is 0. The van der Waals surface area contributed by atoms with E-state index in [1.54, 1.807) is 0 Å². The van der Waals surface area contributed by atoms with Gasteiger partial charge in [-0.3, -0.25) is 4.55 Å². The molecule has 0 rings (SSSR count). The second-order valence-corrected chi connectivity index (χ2v) is 11.2. The number of hydrogen-bond donors (Lipinski definition) is 1. The summed E-state index contributed by atoms with van der Waals surface area (Å²) >= 11 is 0. The maximum Gasteiger partial charge on any atom is 1.00 e. The van der Waals surface area contributed by atoms with Crippen molar-refractivity contribution >= 4 is 18.2 Å². The normalized spacial score (nSPS) is 15.1. The standard InChI is InChI=1S/C6H16O3SSi.Na.H/c1-6(11(2,3)4)5-10(7,8)9;;/h6H,5H2,1-4H3,(H,7,8,9);;/q;+1;-1. The van der Waals surface area contributed by atoms with E-state index in [0.29, 0.717) is 0 Å². The van der Waals surface area contributed by atoms with Crippen molar-refractivity contribution in [1.82, 2.24) is 0 Å². The molecule has 3 nitrogen and oxygen atoms in total. The minimum Gasteiger partial charge on any atom is -1.00 e. The van der Waals surface area contributed by atoms with Gasteiger partial charge in [-0.05, 0) is 5.54 Å². The van der Waals surface area contributed by atoms with E-state index in [0.717, 1.165) is 0 Å². The third kappa shape index (κ3) is 7.76. The molecule has 0 saturated heterocycles. The molecule has 0 radical (unpaired) electrons. The van der Waals surface area contributed by atoms with Gasteiger partial charge in [-0.15, -0.1) is 0 Å². The van der Waals surface area contributed by atoms with Crippen LogP contribution in [-0.2, 0) is 10.1 Å². The summed E-state index contributed by atoms with van der Waals surface area (Å²) in [6.07, 6.45) is 0. The van der Waals surface area contributed by atoms with E-state index in [9.17, 15) is 8.42 Å². The smallest absolute Gasteiger partial charge is 1.00 e. The van der Waals surface area contributed by atoms with Gasteiger partial charge < -0.3 is 1.43 Å². The van der Waals surface area contributed by atoms with E-state index in [4.69, 9.17) is 4.55 Å². The molecule has 0 aliphatic heterocycles. The predicted octanol–water partition coefficient (Wildman–Crippen LogP) is -1.28. The van der Waals surface area contributed by atoms with Gasteiger partial charge >= 0.3 is 29.6 Å². The van der Waals surface area contributed by atoms with Crippen molar-refractivity contribution in [1.29, 1.82) is 0 Å². The van der Waals surface area contributed by atoms with Gasteiger partial charge in [-0.2, -0.15) is 8.42 Å². The maximum atomic E-state index is 10.5. The summed E-state index contributed by atoms with van der Waals surface area (Å²) in [6.45, 7) is 8.13. The Morgan fingerprint density at radius 1 is 1.42 bits per heavy atom. The van der Waals surface area contributed by atoms with Crippen LogP contribution >= 0.6 is 0 Å². The Labute approximate surface area is 99.5 Å². The average molecular weight is 220 g/mol. The number of rotatable bonds is 3. The van der Waals surface area contributed by atoms with E-state index in [1.807, 2.05) is 6.92 Å². The molecule has 0 heterocycles. The molecule has 12 heavy (non-hydrogen) atoms. The van der Waals surface area contributed by atoms with Crippen molar-refractivity contribution in [2.24, 2.45) is 0 Å². The SMILES string of the molecule is CC(CS(=O)(=O)O)[Si](C)(C)C.[H-].[Na+]. The third-order valence-electron chi connectivity index (χ3n) is 1.94. The molecule has 70 valence electrons. The van der Waals surface area contributed by atoms with Gasteiger partial charge in [0, 0.05) is 8.07 Å². The Kier molecular flexibility index (Phi) is 6.65. The molecule has 6 heteroatoms. The van der Waals surface area contributed by atoms with Gasteiger partial charge in [0.2, 0.25) is 0 Å². The summed E-state index contributed by atoms with van der Waals surface area (Å²) in [4.78, 5) is 0. The van der Waals surface area contributed by atoms with Crippen molar-refractivity contribution in [2.75, 3.05) is 5.75 Å². The van der Waals surface area contributed by atoms with Crippen LogP contribution < -0.4 is 29.6 Å². The van der Waals surface area contributed by atoms with Crippen molar-refractivity contribution < 1.29 is 44.0 Å². The molecule has 0 aromatic rings. The van der Waals surface area contributed by atoms with Crippen LogP contribution in [0.5, 0.6) is 0 Å². The Morgan fingerprint density at radius 3 is 1.83 bits per heavy atom. The van der Waals surface area contributed by atoms with Crippen molar-refractivity contribution in [2.45, 2.75) is 32.1 Å². The second kappa shape index (κ2) is 5.12. The Hall–Kier alpha value is 1.13. The van der Waals surface area contributed by atoms with Gasteiger partial charge in [-0.1, -0.05) is 26.6 Å². The molecule has 0 amide bonds. The Bertz CT molecular complexity index is 225. The van der Waals surface area contributed by atoms with Crippen LogP contribution in [-0.4, -0.2) is 26.8 Å². The van der Waals surface area contributed by atoms with Crippen LogP contribution in [0.3, 0.4) is 0 Å². The minimum absolute atomic E-state index is 0. The molecule has 1 atom stereocenters. The summed E-state index contributed by atoms with van der Waals surface area (Å²) in [5.74, 6) is -0.0945. The molecule has 1 N–H and O–H groups in total. The van der Waals surface area contributed by atoms with Crippen LogP contribution in [0.2, 0.25) is 25.2 Å². The Morgan fingerprint density at radius 2 is 1.75 bits per heavy atom. The summed E-state index contributed by atoms with van der Waals surface area (Å²) in [7, 11) is -5.18. The zero-order valence-electron chi connectivity index (χ0n) is 9.46. The molecular formula is C6H17NaO3SSi. The molecule has 1 unspecified atom stereocenters. The molecular weight excluding hydrogens is 203 g/mol. The van der Waals surface area contributed by atoms with Gasteiger partial charge in [0.15, 0.2) is 0 Å². The fraction of sp³-hybridized carbons (Fsp3) is 1.00. The van der Waals surface area contributed by atoms with Crippen LogP contribution in [0.1, 0.15) is 8.35 Å². The summed E-state index contributed by atoms with van der Waals surface area (Å²) < 4.78 is 29.5. The van der Waals surface area contributed by atoms with Gasteiger partial charge in [0.25, 0.3) is 10.1 Å². The zero-order valence-corrected chi connectivity index (χ0v) is 12.3. The molecule has 0 aromatic heterocycles. The first-order valence-electron chi connectivity index (χ1n) is 3.58. The van der Waals surface area contributed by atoms with E-state index < -0.39 is 18.2 Å². The largest absolute Gasteiger partial charge is 1.00 e. The molecule has 0 spiro atoms. The number of hydrogen-bond acceptors (Lipinski definition) is 2. The van der Waals surface area contributed by atoms with Crippen LogP contribution in [0, 0.1) is 0 Å². The van der Waals surface area contributed by atoms with E-state index in [-0.39, 0.29) is 42.3 Å². The van der Waals surface area contributed by atoms with E-state index in [1.165, 1.54) is 0 Å². The maximum absolute atomic E-state index is 10.5. The summed E-state index contributed by atoms with van der Waals surface area (Å²) in [5, 5.41) is 0. The van der Waals surface area contributed by atoms with Crippen LogP contribution in [0.15, 0.2) is 0 Å². The van der Waals surface area contributed by atoms with Gasteiger partial charge in [0.1, 0.15) is 0 Å². The molecule has 0 aliphatic carbocycles. The fourth-order valence-corrected chi connectivity index (χ4v) is 3.83. The zero-order chi connectivity index (χ0) is 9.28. The predicted molar refractivity (Wildman–Crippen MR) is 50.3 cm³/mol. The first-order valence-corrected chi connectivity index (χ1v) is 8.77. The third-order valence-corrected chi connectivity index (χ3v) is 6.32.